The number of piperidine rings is 1. The summed E-state index contributed by atoms with van der Waals surface area (Å²) in [4.78, 5) is 42.2. The molecular formula is C17H16N4O3. The van der Waals surface area contributed by atoms with E-state index in [4.69, 9.17) is 5.73 Å². The summed E-state index contributed by atoms with van der Waals surface area (Å²) in [6.45, 7) is 0.642. The highest BCUT2D eigenvalue weighted by Crippen LogP contribution is 2.32. The van der Waals surface area contributed by atoms with Crippen molar-refractivity contribution in [2.75, 3.05) is 0 Å². The van der Waals surface area contributed by atoms with Gasteiger partial charge < -0.3 is 10.6 Å². The molecule has 2 aromatic rings. The smallest absolute Gasteiger partial charge is 0.255 e. The van der Waals surface area contributed by atoms with E-state index < -0.39 is 11.9 Å². The molecule has 0 saturated carbocycles. The minimum absolute atomic E-state index is 0.193. The molecule has 0 radical (unpaired) electrons. The Kier molecular flexibility index (Phi) is 3.31. The summed E-state index contributed by atoms with van der Waals surface area (Å²) in [6.07, 6.45) is 0.594. The first kappa shape index (κ1) is 14.8. The van der Waals surface area contributed by atoms with Crippen LogP contribution < -0.4 is 11.1 Å². The van der Waals surface area contributed by atoms with Crippen LogP contribution in [-0.4, -0.2) is 33.6 Å². The van der Waals surface area contributed by atoms with Gasteiger partial charge in [-0.05, 0) is 18.6 Å². The van der Waals surface area contributed by atoms with Crippen LogP contribution in [-0.2, 0) is 22.7 Å². The fourth-order valence-electron chi connectivity index (χ4n) is 3.39. The molecule has 1 aromatic heterocycles. The van der Waals surface area contributed by atoms with Gasteiger partial charge in [0.15, 0.2) is 0 Å². The average Bonchev–Trinajstić information content (AvgIpc) is 2.91. The fourth-order valence-corrected chi connectivity index (χ4v) is 3.39. The first-order valence-electron chi connectivity index (χ1n) is 7.84. The normalized spacial score (nSPS) is 20.5. The number of imide groups is 1. The topological polar surface area (TPSA) is 105 Å². The van der Waals surface area contributed by atoms with Crippen LogP contribution in [0, 0.1) is 0 Å². The summed E-state index contributed by atoms with van der Waals surface area (Å²) in [7, 11) is 0. The number of pyridine rings is 1. The Morgan fingerprint density at radius 2 is 2.00 bits per heavy atom. The predicted octanol–water partition coefficient (Wildman–Crippen LogP) is 0.454. The van der Waals surface area contributed by atoms with E-state index in [-0.39, 0.29) is 18.2 Å². The van der Waals surface area contributed by atoms with Crippen molar-refractivity contribution in [2.45, 2.75) is 32.0 Å². The van der Waals surface area contributed by atoms with Crippen molar-refractivity contribution < 1.29 is 14.4 Å². The van der Waals surface area contributed by atoms with Crippen LogP contribution in [0.3, 0.4) is 0 Å². The number of nitrogens with two attached hydrogens (primary N) is 1. The number of amides is 3. The summed E-state index contributed by atoms with van der Waals surface area (Å²) in [5.41, 5.74) is 8.55. The van der Waals surface area contributed by atoms with Gasteiger partial charge in [0.25, 0.3) is 5.91 Å². The Labute approximate surface area is 137 Å². The molecule has 2 aliphatic heterocycles. The highest BCUT2D eigenvalue weighted by atomic mass is 16.2. The monoisotopic (exact) mass is 324 g/mol. The number of carbonyl (C=O) groups excluding carboxylic acids is 3. The number of nitrogens with zero attached hydrogens (tertiary/aromatic N) is 2. The van der Waals surface area contributed by atoms with Gasteiger partial charge in [-0.15, -0.1) is 0 Å². The molecule has 122 valence electrons. The minimum atomic E-state index is -0.615. The van der Waals surface area contributed by atoms with Gasteiger partial charge in [-0.2, -0.15) is 0 Å². The quantitative estimate of drug-likeness (QED) is 0.781. The molecule has 2 aliphatic rings. The lowest BCUT2D eigenvalue weighted by molar-refractivity contribution is -0.136. The van der Waals surface area contributed by atoms with E-state index in [1.54, 1.807) is 6.07 Å². The van der Waals surface area contributed by atoms with Crippen molar-refractivity contribution >= 4 is 28.6 Å². The van der Waals surface area contributed by atoms with E-state index >= 15 is 0 Å². The second kappa shape index (κ2) is 5.38. The molecule has 4 rings (SSSR count). The van der Waals surface area contributed by atoms with E-state index in [1.807, 2.05) is 18.2 Å². The van der Waals surface area contributed by atoms with Gasteiger partial charge in [-0.1, -0.05) is 12.1 Å². The second-order valence-corrected chi connectivity index (χ2v) is 6.07. The molecule has 7 nitrogen and oxygen atoms in total. The van der Waals surface area contributed by atoms with Crippen molar-refractivity contribution in [1.82, 2.24) is 15.2 Å². The Hall–Kier alpha value is -2.80. The van der Waals surface area contributed by atoms with Gasteiger partial charge in [0.2, 0.25) is 11.8 Å². The molecule has 0 aliphatic carbocycles. The third-order valence-electron chi connectivity index (χ3n) is 4.64. The van der Waals surface area contributed by atoms with Crippen LogP contribution in [0.2, 0.25) is 0 Å². The molecule has 0 bridgehead atoms. The van der Waals surface area contributed by atoms with E-state index in [2.05, 4.69) is 10.3 Å². The Bertz CT molecular complexity index is 893. The number of aromatic nitrogens is 1. The van der Waals surface area contributed by atoms with E-state index in [9.17, 15) is 14.4 Å². The van der Waals surface area contributed by atoms with Crippen molar-refractivity contribution in [3.8, 4) is 0 Å². The molecule has 1 atom stereocenters. The SMILES string of the molecule is NCc1ccc2ccc3c(c2n1)CN(C1CCC(=O)NC1=O)C3=O. The standard InChI is InChI=1S/C17H16N4O3/c18-7-10-3-1-9-2-4-11-12(15(9)19-10)8-21(17(11)24)13-5-6-14(22)20-16(13)23/h1-4,13H,5-8,18H2,(H,20,22,23). The maximum absolute atomic E-state index is 12.7. The third-order valence-corrected chi connectivity index (χ3v) is 4.64. The fraction of sp³-hybridized carbons (Fsp3) is 0.294. The number of hydrogen-bond acceptors (Lipinski definition) is 5. The zero-order chi connectivity index (χ0) is 16.8. The Balaban J connectivity index is 1.75. The first-order valence-corrected chi connectivity index (χ1v) is 7.84. The van der Waals surface area contributed by atoms with Gasteiger partial charge in [-0.25, -0.2) is 0 Å². The number of carbonyl (C=O) groups is 3. The maximum Gasteiger partial charge on any atom is 0.255 e. The molecule has 3 heterocycles. The summed E-state index contributed by atoms with van der Waals surface area (Å²) < 4.78 is 0. The van der Waals surface area contributed by atoms with Crippen molar-refractivity contribution in [2.24, 2.45) is 5.73 Å². The highest BCUT2D eigenvalue weighted by Gasteiger charge is 2.39. The Morgan fingerprint density at radius 3 is 2.75 bits per heavy atom. The van der Waals surface area contributed by atoms with Gasteiger partial charge in [0, 0.05) is 36.0 Å². The van der Waals surface area contributed by atoms with Crippen LogP contribution in [0.4, 0.5) is 0 Å². The lowest BCUT2D eigenvalue weighted by Gasteiger charge is -2.29. The van der Waals surface area contributed by atoms with Crippen LogP contribution in [0.25, 0.3) is 10.9 Å². The molecule has 1 unspecified atom stereocenters. The van der Waals surface area contributed by atoms with E-state index in [0.29, 0.717) is 25.1 Å². The summed E-state index contributed by atoms with van der Waals surface area (Å²) in [5.74, 6) is -0.895. The molecule has 1 fully saturated rings. The molecule has 0 spiro atoms. The number of benzene rings is 1. The Morgan fingerprint density at radius 1 is 1.21 bits per heavy atom. The van der Waals surface area contributed by atoms with Crippen LogP contribution in [0.15, 0.2) is 24.3 Å². The second-order valence-electron chi connectivity index (χ2n) is 6.07. The summed E-state index contributed by atoms with van der Waals surface area (Å²) in [6, 6.07) is 6.81. The van der Waals surface area contributed by atoms with Crippen molar-refractivity contribution in [3.63, 3.8) is 0 Å². The molecule has 1 saturated heterocycles. The number of hydrogen-bond donors (Lipinski definition) is 2. The largest absolute Gasteiger partial charge is 0.325 e. The van der Waals surface area contributed by atoms with E-state index in [1.165, 1.54) is 4.90 Å². The molecule has 1 aromatic carbocycles. The lowest BCUT2D eigenvalue weighted by Crippen LogP contribution is -2.52. The number of fused-ring (bicyclic) bond motifs is 3. The lowest BCUT2D eigenvalue weighted by atomic mass is 10.0. The highest BCUT2D eigenvalue weighted by molar-refractivity contribution is 6.07. The summed E-state index contributed by atoms with van der Waals surface area (Å²) in [5, 5.41) is 3.24. The molecular weight excluding hydrogens is 308 g/mol. The van der Waals surface area contributed by atoms with Gasteiger partial charge in [0.1, 0.15) is 6.04 Å². The average molecular weight is 324 g/mol. The molecule has 3 N–H and O–H groups in total. The van der Waals surface area contributed by atoms with Gasteiger partial charge in [-0.3, -0.25) is 24.7 Å². The van der Waals surface area contributed by atoms with Crippen molar-refractivity contribution in [3.05, 3.63) is 41.1 Å². The van der Waals surface area contributed by atoms with Crippen LogP contribution in [0.5, 0.6) is 0 Å². The maximum atomic E-state index is 12.7. The van der Waals surface area contributed by atoms with Crippen LogP contribution >= 0.6 is 0 Å². The third kappa shape index (κ3) is 2.16. The molecule has 24 heavy (non-hydrogen) atoms. The zero-order valence-electron chi connectivity index (χ0n) is 12.9. The molecule has 3 amide bonds. The predicted molar refractivity (Wildman–Crippen MR) is 85.7 cm³/mol. The van der Waals surface area contributed by atoms with E-state index in [0.717, 1.165) is 22.2 Å². The summed E-state index contributed by atoms with van der Waals surface area (Å²) >= 11 is 0. The number of nitrogens with one attached hydrogen (secondary N) is 1. The zero-order valence-corrected chi connectivity index (χ0v) is 12.9. The minimum Gasteiger partial charge on any atom is -0.325 e. The van der Waals surface area contributed by atoms with Gasteiger partial charge >= 0.3 is 0 Å². The first-order chi connectivity index (χ1) is 11.6. The number of rotatable bonds is 2. The van der Waals surface area contributed by atoms with Crippen LogP contribution in [0.1, 0.15) is 34.5 Å². The van der Waals surface area contributed by atoms with Crippen molar-refractivity contribution in [1.29, 1.82) is 0 Å². The van der Waals surface area contributed by atoms with Gasteiger partial charge in [0.05, 0.1) is 11.2 Å². The molecule has 7 heteroatoms.